The van der Waals surface area contributed by atoms with Crippen molar-refractivity contribution in [2.24, 2.45) is 17.6 Å². The van der Waals surface area contributed by atoms with Gasteiger partial charge in [0.15, 0.2) is 22.9 Å². The number of primary amides is 1. The molecule has 0 aromatic heterocycles. The molecule has 1 aromatic rings. The van der Waals surface area contributed by atoms with Gasteiger partial charge in [-0.25, -0.2) is 0 Å². The Kier molecular flexibility index (Phi) is 8.24. The minimum atomic E-state index is -6.33. The van der Waals surface area contributed by atoms with E-state index in [-0.39, 0.29) is 12.0 Å². The zero-order valence-electron chi connectivity index (χ0n) is 24.1. The molecule has 3 aliphatic carbocycles. The van der Waals surface area contributed by atoms with Crippen LogP contribution in [0.2, 0.25) is 0 Å². The number of hydrogen-bond acceptors (Lipinski definition) is 13. The number of nitrogens with two attached hydrogens (primary N) is 1. The van der Waals surface area contributed by atoms with Gasteiger partial charge in [0.1, 0.15) is 22.8 Å². The van der Waals surface area contributed by atoms with Gasteiger partial charge in [0, 0.05) is 11.5 Å². The van der Waals surface area contributed by atoms with Crippen LogP contribution < -0.4 is 15.2 Å². The number of fused-ring (bicyclic) bond motifs is 3. The van der Waals surface area contributed by atoms with E-state index in [1.807, 2.05) is 5.32 Å². The van der Waals surface area contributed by atoms with Crippen LogP contribution in [-0.4, -0.2) is 114 Å². The lowest BCUT2D eigenvalue weighted by molar-refractivity contribution is -0.153. The van der Waals surface area contributed by atoms with Crippen LogP contribution in [0.1, 0.15) is 17.5 Å². The Bertz CT molecular complexity index is 1700. The van der Waals surface area contributed by atoms with Crippen LogP contribution in [0.4, 0.5) is 18.9 Å². The van der Waals surface area contributed by atoms with E-state index < -0.39 is 121 Å². The molecule has 15 nitrogen and oxygen atoms in total. The fraction of sp³-hybridized carbons (Fsp3) is 0.462. The maximum atomic E-state index is 13.9. The number of likely N-dealkylation sites (N-methyl/N-ethyl adjacent to an activating group) is 2. The number of aliphatic hydroxyl groups is 3. The molecule has 2 unspecified atom stereocenters. The SMILES string of the molecule is CN(C)CC(=O)Nc1c(OS(=O)(=O)C(F)(F)F)cc2c(c1O)C(O)=C1C(=O)[C@]3(O)C(O)=C(C(N)=O)C(=O)[C@@H](N(C)C)C3CC1C2. The Hall–Kier alpha value is -4.20. The highest BCUT2D eigenvalue weighted by Gasteiger charge is 2.64. The Morgan fingerprint density at radius 1 is 1.16 bits per heavy atom. The summed E-state index contributed by atoms with van der Waals surface area (Å²) in [6, 6.07) is -0.666. The molecule has 1 saturated carbocycles. The Labute approximate surface area is 253 Å². The number of phenols is 1. The molecule has 246 valence electrons. The molecule has 7 N–H and O–H groups in total. The molecule has 0 heterocycles. The molecule has 0 radical (unpaired) electrons. The highest BCUT2D eigenvalue weighted by molar-refractivity contribution is 7.88. The fourth-order valence-electron chi connectivity index (χ4n) is 6.09. The zero-order chi connectivity index (χ0) is 34.1. The number of anilines is 1. The van der Waals surface area contributed by atoms with E-state index >= 15 is 0 Å². The van der Waals surface area contributed by atoms with Gasteiger partial charge in [0.25, 0.3) is 5.91 Å². The summed E-state index contributed by atoms with van der Waals surface area (Å²) in [6.45, 7) is -0.399. The van der Waals surface area contributed by atoms with Crippen LogP contribution in [0.5, 0.6) is 11.5 Å². The summed E-state index contributed by atoms with van der Waals surface area (Å²) in [5.41, 5.74) is -7.04. The van der Waals surface area contributed by atoms with Crippen molar-refractivity contribution in [3.05, 3.63) is 34.1 Å². The number of ketones is 2. The third-order valence-corrected chi connectivity index (χ3v) is 8.85. The predicted octanol–water partition coefficient (Wildman–Crippen LogP) is -0.307. The summed E-state index contributed by atoms with van der Waals surface area (Å²) >= 11 is 0. The van der Waals surface area contributed by atoms with Gasteiger partial charge in [-0.1, -0.05) is 0 Å². The number of hydrogen-bond donors (Lipinski definition) is 6. The summed E-state index contributed by atoms with van der Waals surface area (Å²) < 4.78 is 67.8. The number of aliphatic hydroxyl groups excluding tert-OH is 2. The highest BCUT2D eigenvalue weighted by Crippen LogP contribution is 2.54. The van der Waals surface area contributed by atoms with E-state index in [0.717, 1.165) is 6.07 Å². The minimum absolute atomic E-state index is 0.226. The molecule has 1 aromatic carbocycles. The van der Waals surface area contributed by atoms with Crippen LogP contribution in [0.25, 0.3) is 5.76 Å². The van der Waals surface area contributed by atoms with Crippen molar-refractivity contribution in [3.63, 3.8) is 0 Å². The number of carbonyl (C=O) groups is 4. The van der Waals surface area contributed by atoms with Gasteiger partial charge in [0.2, 0.25) is 11.7 Å². The first kappa shape index (κ1) is 33.7. The minimum Gasteiger partial charge on any atom is -0.508 e. The molecular weight excluding hydrogens is 633 g/mol. The number of Topliss-reactive ketones (excluding diaryl/α,β-unsaturated/α-hetero) is 2. The molecule has 2 amide bonds. The average Bonchev–Trinajstić information content (AvgIpc) is 2.86. The Morgan fingerprint density at radius 3 is 2.27 bits per heavy atom. The summed E-state index contributed by atoms with van der Waals surface area (Å²) in [5.74, 6) is -12.0. The van der Waals surface area contributed by atoms with Gasteiger partial charge in [-0.3, -0.25) is 24.1 Å². The second-order valence-corrected chi connectivity index (χ2v) is 12.9. The van der Waals surface area contributed by atoms with Crippen molar-refractivity contribution in [3.8, 4) is 11.5 Å². The molecule has 0 spiro atoms. The van der Waals surface area contributed by atoms with Crippen molar-refractivity contribution in [2.45, 2.75) is 30.0 Å². The number of carbonyl (C=O) groups excluding carboxylic acids is 4. The Morgan fingerprint density at radius 2 is 1.76 bits per heavy atom. The lowest BCUT2D eigenvalue weighted by atomic mass is 9.57. The standard InChI is InChI=1S/C26H29F3N4O11S/c1-32(2)8-13(34)31-17-12(44-45(42,43)26(27,28)29)7-10-5-9-6-11-18(33(3)4)21(37)16(24(30)40)23(39)25(11,41)22(38)15(9)19(35)14(10)20(17)36/h7,9,11,18,35-36,39,41H,5-6,8H2,1-4H3,(H2,30,40)(H,31,34)/t9?,11?,18-,25-/m0/s1. The number of nitrogens with one attached hydrogen (secondary N) is 1. The third kappa shape index (κ3) is 5.28. The smallest absolute Gasteiger partial charge is 0.508 e. The maximum absolute atomic E-state index is 13.9. The zero-order valence-corrected chi connectivity index (χ0v) is 24.9. The molecule has 1 fully saturated rings. The third-order valence-electron chi connectivity index (χ3n) is 7.88. The number of benzene rings is 1. The van der Waals surface area contributed by atoms with Crippen molar-refractivity contribution in [1.29, 1.82) is 0 Å². The number of amides is 2. The number of aromatic hydroxyl groups is 1. The van der Waals surface area contributed by atoms with Crippen LogP contribution in [-0.2, 0) is 35.7 Å². The van der Waals surface area contributed by atoms with Crippen molar-refractivity contribution in [2.75, 3.05) is 40.1 Å². The van der Waals surface area contributed by atoms with Crippen molar-refractivity contribution in [1.82, 2.24) is 9.80 Å². The monoisotopic (exact) mass is 662 g/mol. The average molecular weight is 663 g/mol. The van der Waals surface area contributed by atoms with Gasteiger partial charge < -0.3 is 40.6 Å². The number of nitrogens with zero attached hydrogens (tertiary/aromatic N) is 2. The predicted molar refractivity (Wildman–Crippen MR) is 147 cm³/mol. The van der Waals surface area contributed by atoms with Gasteiger partial charge in [0.05, 0.1) is 18.2 Å². The molecule has 0 aliphatic heterocycles. The van der Waals surface area contributed by atoms with Crippen LogP contribution in [0, 0.1) is 11.8 Å². The van der Waals surface area contributed by atoms with Gasteiger partial charge >= 0.3 is 15.6 Å². The van der Waals surface area contributed by atoms with Gasteiger partial charge in [-0.15, -0.1) is 0 Å². The van der Waals surface area contributed by atoms with Crippen LogP contribution in [0.3, 0.4) is 0 Å². The van der Waals surface area contributed by atoms with E-state index in [0.29, 0.717) is 0 Å². The first-order chi connectivity index (χ1) is 20.6. The summed E-state index contributed by atoms with van der Waals surface area (Å²) in [7, 11) is -0.647. The van der Waals surface area contributed by atoms with Gasteiger partial charge in [-0.05, 0) is 58.6 Å². The summed E-state index contributed by atoms with van der Waals surface area (Å²) in [4.78, 5) is 54.3. The topological polar surface area (TPSA) is 237 Å². The highest BCUT2D eigenvalue weighted by atomic mass is 32.2. The van der Waals surface area contributed by atoms with E-state index in [2.05, 4.69) is 4.18 Å². The lowest BCUT2D eigenvalue weighted by Gasteiger charge is -2.50. The quantitative estimate of drug-likeness (QED) is 0.0953. The van der Waals surface area contributed by atoms with E-state index in [1.54, 1.807) is 0 Å². The van der Waals surface area contributed by atoms with Crippen LogP contribution in [0.15, 0.2) is 23.0 Å². The molecule has 0 bridgehead atoms. The molecular formula is C26H29F3N4O11S. The number of halogens is 3. The van der Waals surface area contributed by atoms with Crippen LogP contribution >= 0.6 is 0 Å². The molecule has 19 heteroatoms. The lowest BCUT2D eigenvalue weighted by Crippen LogP contribution is -2.65. The largest absolute Gasteiger partial charge is 0.534 e. The van der Waals surface area contributed by atoms with Crippen molar-refractivity contribution >= 4 is 44.9 Å². The first-order valence-electron chi connectivity index (χ1n) is 13.0. The maximum Gasteiger partial charge on any atom is 0.534 e. The number of phenolic OH excluding ortho intramolecular Hbond substituents is 1. The summed E-state index contributed by atoms with van der Waals surface area (Å²) in [6.07, 6.45) is -0.735. The molecule has 0 saturated heterocycles. The first-order valence-corrected chi connectivity index (χ1v) is 14.5. The Balaban J connectivity index is 1.96. The second kappa shape index (κ2) is 11.0. The normalized spacial score (nSPS) is 25.2. The molecule has 3 aliphatic rings. The molecule has 4 rings (SSSR count). The van der Waals surface area contributed by atoms with E-state index in [4.69, 9.17) is 5.73 Å². The molecule has 45 heavy (non-hydrogen) atoms. The fourth-order valence-corrected chi connectivity index (χ4v) is 6.55. The number of rotatable bonds is 7. The van der Waals surface area contributed by atoms with E-state index in [1.165, 1.54) is 38.0 Å². The van der Waals surface area contributed by atoms with E-state index in [9.17, 15) is 61.2 Å². The molecule has 4 atom stereocenters. The number of alkyl halides is 3. The van der Waals surface area contributed by atoms with Crippen molar-refractivity contribution < 1.29 is 65.4 Å². The second-order valence-electron chi connectivity index (χ2n) is 11.4. The summed E-state index contributed by atoms with van der Waals surface area (Å²) in [5, 5.41) is 47.0. The van der Waals surface area contributed by atoms with Gasteiger partial charge in [-0.2, -0.15) is 21.6 Å².